The number of rotatable bonds is 6. The maximum Gasteiger partial charge on any atom is 0.410 e. The molecule has 0 aromatic carbocycles. The molecule has 0 bridgehead atoms. The van der Waals surface area contributed by atoms with Crippen LogP contribution in [0.2, 0.25) is 0 Å². The van der Waals surface area contributed by atoms with Crippen LogP contribution >= 0.6 is 0 Å². The largest absolute Gasteiger partial charge is 0.477 e. The summed E-state index contributed by atoms with van der Waals surface area (Å²) in [6.45, 7) is 10.8. The Bertz CT molecular complexity index is 706. The molecule has 2 amide bonds. The van der Waals surface area contributed by atoms with Crippen molar-refractivity contribution in [2.24, 2.45) is 0 Å². The Morgan fingerprint density at radius 2 is 1.68 bits per heavy atom. The van der Waals surface area contributed by atoms with Gasteiger partial charge in [0.05, 0.1) is 12.2 Å². The highest BCUT2D eigenvalue weighted by atomic mass is 16.6. The van der Waals surface area contributed by atoms with Crippen LogP contribution in [0.3, 0.4) is 0 Å². The smallest absolute Gasteiger partial charge is 0.410 e. The fraction of sp³-hybridized carbons (Fsp3) is 0.579. The second kappa shape index (κ2) is 9.38. The summed E-state index contributed by atoms with van der Waals surface area (Å²) >= 11 is 0. The molecular weight excluding hydrogens is 366 g/mol. The van der Waals surface area contributed by atoms with Gasteiger partial charge in [-0.15, -0.1) is 0 Å². The predicted octanol–water partition coefficient (Wildman–Crippen LogP) is 3.04. The molecule has 156 valence electrons. The molecule has 0 aliphatic carbocycles. The van der Waals surface area contributed by atoms with E-state index in [2.05, 4.69) is 10.3 Å². The van der Waals surface area contributed by atoms with Crippen LogP contribution in [0.25, 0.3) is 0 Å². The van der Waals surface area contributed by atoms with Crippen LogP contribution in [0.5, 0.6) is 0 Å². The zero-order chi connectivity index (χ0) is 21.5. The average Bonchev–Trinajstić information content (AvgIpc) is 2.50. The normalized spacial score (nSPS) is 11.5. The number of aromatic carboxylic acids is 1. The Balaban J connectivity index is 2.82. The molecule has 0 unspecified atom stereocenters. The van der Waals surface area contributed by atoms with Crippen LogP contribution in [0.4, 0.5) is 9.59 Å². The van der Waals surface area contributed by atoms with Crippen molar-refractivity contribution in [3.05, 3.63) is 29.6 Å². The lowest BCUT2D eigenvalue weighted by Crippen LogP contribution is -2.42. The van der Waals surface area contributed by atoms with Gasteiger partial charge < -0.3 is 24.8 Å². The molecule has 28 heavy (non-hydrogen) atoms. The molecule has 0 spiro atoms. The molecule has 0 fully saturated rings. The van der Waals surface area contributed by atoms with E-state index in [1.807, 2.05) is 0 Å². The van der Waals surface area contributed by atoms with E-state index in [0.29, 0.717) is 5.69 Å². The van der Waals surface area contributed by atoms with Crippen LogP contribution in [0, 0.1) is 0 Å². The number of aromatic nitrogens is 1. The zero-order valence-electron chi connectivity index (χ0n) is 17.2. The van der Waals surface area contributed by atoms with Crippen LogP contribution in [-0.2, 0) is 16.0 Å². The Morgan fingerprint density at radius 1 is 1.07 bits per heavy atom. The van der Waals surface area contributed by atoms with Crippen molar-refractivity contribution in [2.45, 2.75) is 59.3 Å². The summed E-state index contributed by atoms with van der Waals surface area (Å²) in [5.41, 5.74) is -1.06. The lowest BCUT2D eigenvalue weighted by molar-refractivity contribution is 0.0222. The van der Waals surface area contributed by atoms with Crippen molar-refractivity contribution in [3.8, 4) is 0 Å². The first-order valence-electron chi connectivity index (χ1n) is 8.91. The molecule has 1 heterocycles. The standard InChI is InChI=1S/C19H29N3O6/c1-18(2,3)27-16(25)20-10-11-22(17(26)28-19(4,5)6)12-13-8-7-9-14(21-13)15(23)24/h7-9H,10-12H2,1-6H3,(H,20,25)(H,23,24). The zero-order valence-corrected chi connectivity index (χ0v) is 17.2. The number of nitrogens with zero attached hydrogens (tertiary/aromatic N) is 2. The number of amides is 2. The summed E-state index contributed by atoms with van der Waals surface area (Å²) in [4.78, 5) is 40.7. The number of nitrogens with one attached hydrogen (secondary N) is 1. The number of ether oxygens (including phenoxy) is 2. The highest BCUT2D eigenvalue weighted by molar-refractivity contribution is 5.85. The maximum absolute atomic E-state index is 12.5. The molecule has 0 radical (unpaired) electrons. The van der Waals surface area contributed by atoms with Crippen molar-refractivity contribution < 1.29 is 29.0 Å². The Kier molecular flexibility index (Phi) is 7.78. The van der Waals surface area contributed by atoms with Gasteiger partial charge in [0.2, 0.25) is 0 Å². The number of carbonyl (C=O) groups excluding carboxylic acids is 2. The molecule has 2 N–H and O–H groups in total. The molecule has 0 aliphatic rings. The van der Waals surface area contributed by atoms with Gasteiger partial charge >= 0.3 is 18.2 Å². The van der Waals surface area contributed by atoms with Gasteiger partial charge in [0, 0.05) is 13.1 Å². The molecule has 1 rings (SSSR count). The molecular formula is C19H29N3O6. The van der Waals surface area contributed by atoms with E-state index in [1.54, 1.807) is 53.7 Å². The second-order valence-corrected chi connectivity index (χ2v) is 8.15. The molecule has 1 aromatic rings. The van der Waals surface area contributed by atoms with Gasteiger partial charge in [-0.05, 0) is 53.7 Å². The van der Waals surface area contributed by atoms with E-state index in [1.165, 1.54) is 11.0 Å². The lowest BCUT2D eigenvalue weighted by Gasteiger charge is -2.27. The third-order valence-electron chi connectivity index (χ3n) is 3.08. The van der Waals surface area contributed by atoms with Gasteiger partial charge in [-0.25, -0.2) is 19.4 Å². The minimum Gasteiger partial charge on any atom is -0.477 e. The van der Waals surface area contributed by atoms with Gasteiger partial charge in [-0.2, -0.15) is 0 Å². The first kappa shape index (κ1) is 23.2. The number of hydrogen-bond acceptors (Lipinski definition) is 6. The minimum absolute atomic E-state index is 0.0338. The predicted molar refractivity (Wildman–Crippen MR) is 102 cm³/mol. The Hall–Kier alpha value is -2.84. The summed E-state index contributed by atoms with van der Waals surface area (Å²) in [6, 6.07) is 4.54. The van der Waals surface area contributed by atoms with Gasteiger partial charge in [-0.3, -0.25) is 0 Å². The second-order valence-electron chi connectivity index (χ2n) is 8.15. The van der Waals surface area contributed by atoms with E-state index < -0.39 is 29.4 Å². The summed E-state index contributed by atoms with van der Waals surface area (Å²) in [5, 5.41) is 11.6. The quantitative estimate of drug-likeness (QED) is 0.760. The molecule has 0 aliphatic heterocycles. The van der Waals surface area contributed by atoms with Gasteiger partial charge in [-0.1, -0.05) is 6.07 Å². The Labute approximate surface area is 165 Å². The number of carboxylic acids is 1. The van der Waals surface area contributed by atoms with Gasteiger partial charge in [0.25, 0.3) is 0 Å². The van der Waals surface area contributed by atoms with Crippen molar-refractivity contribution in [1.29, 1.82) is 0 Å². The number of pyridine rings is 1. The number of carbonyl (C=O) groups is 3. The van der Waals surface area contributed by atoms with E-state index >= 15 is 0 Å². The summed E-state index contributed by atoms with van der Waals surface area (Å²) in [6.07, 6.45) is -1.19. The third kappa shape index (κ3) is 9.20. The van der Waals surface area contributed by atoms with Gasteiger partial charge in [0.1, 0.15) is 16.9 Å². The minimum atomic E-state index is -1.16. The Morgan fingerprint density at radius 3 is 2.21 bits per heavy atom. The maximum atomic E-state index is 12.5. The summed E-state index contributed by atoms with van der Waals surface area (Å²) in [7, 11) is 0. The molecule has 1 aromatic heterocycles. The number of carboxylic acid groups (broad SMARTS) is 1. The SMILES string of the molecule is CC(C)(C)OC(=O)NCCN(Cc1cccc(C(=O)O)n1)C(=O)OC(C)(C)C. The molecule has 0 saturated carbocycles. The highest BCUT2D eigenvalue weighted by Gasteiger charge is 2.23. The monoisotopic (exact) mass is 395 g/mol. The molecule has 0 atom stereocenters. The average molecular weight is 395 g/mol. The van der Waals surface area contributed by atoms with Crippen molar-refractivity contribution in [2.75, 3.05) is 13.1 Å². The van der Waals surface area contributed by atoms with E-state index in [-0.39, 0.29) is 25.3 Å². The summed E-state index contributed by atoms with van der Waals surface area (Å²) in [5.74, 6) is -1.16. The fourth-order valence-corrected chi connectivity index (χ4v) is 2.05. The topological polar surface area (TPSA) is 118 Å². The first-order chi connectivity index (χ1) is 12.8. The van der Waals surface area contributed by atoms with Crippen LogP contribution in [0.1, 0.15) is 57.7 Å². The number of hydrogen-bond donors (Lipinski definition) is 2. The van der Waals surface area contributed by atoms with E-state index in [4.69, 9.17) is 14.6 Å². The van der Waals surface area contributed by atoms with Crippen molar-refractivity contribution in [1.82, 2.24) is 15.2 Å². The molecule has 0 saturated heterocycles. The molecule has 9 heteroatoms. The first-order valence-corrected chi connectivity index (χ1v) is 8.91. The van der Waals surface area contributed by atoms with E-state index in [9.17, 15) is 14.4 Å². The van der Waals surface area contributed by atoms with E-state index in [0.717, 1.165) is 0 Å². The summed E-state index contributed by atoms with van der Waals surface area (Å²) < 4.78 is 10.5. The fourth-order valence-electron chi connectivity index (χ4n) is 2.05. The van der Waals surface area contributed by atoms with Crippen molar-refractivity contribution >= 4 is 18.2 Å². The van der Waals surface area contributed by atoms with Crippen molar-refractivity contribution in [3.63, 3.8) is 0 Å². The lowest BCUT2D eigenvalue weighted by atomic mass is 10.2. The van der Waals surface area contributed by atoms with Crippen LogP contribution < -0.4 is 5.32 Å². The number of alkyl carbamates (subject to hydrolysis) is 1. The van der Waals surface area contributed by atoms with Gasteiger partial charge in [0.15, 0.2) is 0 Å². The molecule has 9 nitrogen and oxygen atoms in total. The highest BCUT2D eigenvalue weighted by Crippen LogP contribution is 2.12. The van der Waals surface area contributed by atoms with Crippen LogP contribution in [-0.4, -0.2) is 57.4 Å². The van der Waals surface area contributed by atoms with Crippen LogP contribution in [0.15, 0.2) is 18.2 Å². The third-order valence-corrected chi connectivity index (χ3v) is 3.08.